The van der Waals surface area contributed by atoms with E-state index in [0.29, 0.717) is 11.1 Å². The van der Waals surface area contributed by atoms with Crippen molar-refractivity contribution in [2.75, 3.05) is 0 Å². The van der Waals surface area contributed by atoms with Crippen LogP contribution in [-0.2, 0) is 16.0 Å². The van der Waals surface area contributed by atoms with Crippen molar-refractivity contribution in [3.63, 3.8) is 0 Å². The van der Waals surface area contributed by atoms with E-state index in [9.17, 15) is 19.7 Å². The third-order valence-electron chi connectivity index (χ3n) is 2.20. The van der Waals surface area contributed by atoms with Crippen molar-refractivity contribution in [1.82, 2.24) is 0 Å². The van der Waals surface area contributed by atoms with Crippen molar-refractivity contribution in [2.45, 2.75) is 13.3 Å². The van der Waals surface area contributed by atoms with Crippen LogP contribution in [0.3, 0.4) is 0 Å². The number of nitro groups is 1. The Morgan fingerprint density at radius 2 is 2.06 bits per heavy atom. The van der Waals surface area contributed by atoms with Gasteiger partial charge < -0.3 is 5.11 Å². The number of hydrogen-bond acceptors (Lipinski definition) is 4. The third kappa shape index (κ3) is 2.41. The zero-order valence-electron chi connectivity index (χ0n) is 8.47. The highest BCUT2D eigenvalue weighted by Gasteiger charge is 2.18. The van der Waals surface area contributed by atoms with Gasteiger partial charge in [-0.15, -0.1) is 0 Å². The van der Waals surface area contributed by atoms with Gasteiger partial charge in [-0.25, -0.2) is 4.79 Å². The molecule has 0 atom stereocenters. The fourth-order valence-electron chi connectivity index (χ4n) is 1.31. The maximum atomic E-state index is 11.0. The maximum Gasteiger partial charge on any atom is 0.372 e. The molecule has 0 heterocycles. The molecule has 0 unspecified atom stereocenters. The first kappa shape index (κ1) is 11.8. The summed E-state index contributed by atoms with van der Waals surface area (Å²) in [6.07, 6.45) is -0.331. The Morgan fingerprint density at radius 1 is 1.44 bits per heavy atom. The van der Waals surface area contributed by atoms with Gasteiger partial charge in [-0.05, 0) is 12.5 Å². The molecule has 6 heteroatoms. The molecule has 0 aliphatic heterocycles. The molecule has 0 fully saturated rings. The smallest absolute Gasteiger partial charge is 0.372 e. The fraction of sp³-hybridized carbons (Fsp3) is 0.200. The Hall–Kier alpha value is -2.24. The van der Waals surface area contributed by atoms with Gasteiger partial charge in [0.25, 0.3) is 5.69 Å². The highest BCUT2D eigenvalue weighted by molar-refractivity contribution is 6.33. The van der Waals surface area contributed by atoms with Crippen LogP contribution in [-0.4, -0.2) is 21.8 Å². The minimum atomic E-state index is -1.54. The number of hydrogen-bond donors (Lipinski definition) is 1. The van der Waals surface area contributed by atoms with E-state index in [1.807, 2.05) is 0 Å². The molecule has 0 aliphatic rings. The number of aliphatic carboxylic acids is 1. The van der Waals surface area contributed by atoms with Gasteiger partial charge >= 0.3 is 5.97 Å². The van der Waals surface area contributed by atoms with E-state index in [2.05, 4.69) is 0 Å². The summed E-state index contributed by atoms with van der Waals surface area (Å²) < 4.78 is 0. The standard InChI is InChI=1S/C10H9NO5/c1-6-7(5-9(12)10(13)14)3-2-4-8(6)11(15)16/h2-4H,5H2,1H3,(H,13,14). The quantitative estimate of drug-likeness (QED) is 0.468. The van der Waals surface area contributed by atoms with Crippen molar-refractivity contribution >= 4 is 17.4 Å². The molecule has 0 saturated carbocycles. The van der Waals surface area contributed by atoms with Crippen molar-refractivity contribution in [3.8, 4) is 0 Å². The Labute approximate surface area is 90.7 Å². The summed E-state index contributed by atoms with van der Waals surface area (Å²) in [6.45, 7) is 1.49. The Balaban J connectivity index is 3.07. The molecule has 0 saturated heterocycles. The molecule has 1 aromatic rings. The zero-order valence-corrected chi connectivity index (χ0v) is 8.47. The van der Waals surface area contributed by atoms with Crippen LogP contribution >= 0.6 is 0 Å². The Bertz CT molecular complexity index is 466. The molecular formula is C10H9NO5. The summed E-state index contributed by atoms with van der Waals surface area (Å²) in [7, 11) is 0. The van der Waals surface area contributed by atoms with Crippen molar-refractivity contribution in [2.24, 2.45) is 0 Å². The van der Waals surface area contributed by atoms with E-state index >= 15 is 0 Å². The number of carbonyl (C=O) groups excluding carboxylic acids is 1. The van der Waals surface area contributed by atoms with E-state index in [0.717, 1.165) is 0 Å². The monoisotopic (exact) mass is 223 g/mol. The molecule has 1 rings (SSSR count). The number of carboxylic acid groups (broad SMARTS) is 1. The van der Waals surface area contributed by atoms with Gasteiger partial charge in [0, 0.05) is 18.1 Å². The number of nitrogens with zero attached hydrogens (tertiary/aromatic N) is 1. The first-order valence-electron chi connectivity index (χ1n) is 4.42. The van der Waals surface area contributed by atoms with E-state index < -0.39 is 16.7 Å². The summed E-state index contributed by atoms with van der Waals surface area (Å²) in [5.41, 5.74) is 0.569. The predicted molar refractivity (Wildman–Crippen MR) is 54.2 cm³/mol. The van der Waals surface area contributed by atoms with Crippen LogP contribution in [0.4, 0.5) is 5.69 Å². The molecule has 0 radical (unpaired) electrons. The van der Waals surface area contributed by atoms with Crippen LogP contribution in [0.15, 0.2) is 18.2 Å². The predicted octanol–water partition coefficient (Wildman–Crippen LogP) is 1.10. The number of nitro benzene ring substituents is 1. The molecule has 1 N–H and O–H groups in total. The molecule has 0 amide bonds. The highest BCUT2D eigenvalue weighted by Crippen LogP contribution is 2.21. The van der Waals surface area contributed by atoms with E-state index in [4.69, 9.17) is 5.11 Å². The van der Waals surface area contributed by atoms with Crippen molar-refractivity contribution < 1.29 is 19.6 Å². The SMILES string of the molecule is Cc1c(CC(=O)C(=O)O)cccc1[N+](=O)[O-]. The number of carboxylic acids is 1. The topological polar surface area (TPSA) is 97.5 Å². The third-order valence-corrected chi connectivity index (χ3v) is 2.20. The molecule has 0 spiro atoms. The first-order chi connectivity index (χ1) is 7.43. The van der Waals surface area contributed by atoms with Crippen LogP contribution in [0.2, 0.25) is 0 Å². The van der Waals surface area contributed by atoms with Gasteiger partial charge in [0.05, 0.1) is 4.92 Å². The van der Waals surface area contributed by atoms with Crippen molar-refractivity contribution in [3.05, 3.63) is 39.4 Å². The van der Waals surface area contributed by atoms with E-state index in [1.54, 1.807) is 0 Å². The molecule has 6 nitrogen and oxygen atoms in total. The lowest BCUT2D eigenvalue weighted by atomic mass is 10.0. The largest absolute Gasteiger partial charge is 0.475 e. The van der Waals surface area contributed by atoms with Crippen LogP contribution in [0.25, 0.3) is 0 Å². The van der Waals surface area contributed by atoms with Crippen LogP contribution < -0.4 is 0 Å². The van der Waals surface area contributed by atoms with Gasteiger partial charge in [0.1, 0.15) is 0 Å². The zero-order chi connectivity index (χ0) is 12.3. The summed E-state index contributed by atoms with van der Waals surface area (Å²) >= 11 is 0. The van der Waals surface area contributed by atoms with Gasteiger partial charge in [-0.2, -0.15) is 0 Å². The molecule has 0 aliphatic carbocycles. The Morgan fingerprint density at radius 3 is 2.56 bits per heavy atom. The summed E-state index contributed by atoms with van der Waals surface area (Å²) in [4.78, 5) is 31.4. The van der Waals surface area contributed by atoms with Gasteiger partial charge in [-0.1, -0.05) is 12.1 Å². The van der Waals surface area contributed by atoms with Crippen molar-refractivity contribution in [1.29, 1.82) is 0 Å². The fourth-order valence-corrected chi connectivity index (χ4v) is 1.31. The molecule has 16 heavy (non-hydrogen) atoms. The number of benzene rings is 1. The van der Waals surface area contributed by atoms with Crippen LogP contribution in [0.5, 0.6) is 0 Å². The second-order valence-corrected chi connectivity index (χ2v) is 3.22. The molecule has 0 aromatic heterocycles. The lowest BCUT2D eigenvalue weighted by Gasteiger charge is -2.03. The summed E-state index contributed by atoms with van der Waals surface area (Å²) in [6, 6.07) is 4.24. The second-order valence-electron chi connectivity index (χ2n) is 3.22. The lowest BCUT2D eigenvalue weighted by molar-refractivity contribution is -0.385. The normalized spacial score (nSPS) is 9.81. The summed E-state index contributed by atoms with van der Waals surface area (Å²) in [5, 5.41) is 19.0. The minimum absolute atomic E-state index is 0.115. The average molecular weight is 223 g/mol. The molecule has 0 bridgehead atoms. The van der Waals surface area contributed by atoms with E-state index in [1.165, 1.54) is 25.1 Å². The first-order valence-corrected chi connectivity index (χ1v) is 4.42. The van der Waals surface area contributed by atoms with Gasteiger partial charge in [0.15, 0.2) is 0 Å². The molecule has 1 aromatic carbocycles. The molecular weight excluding hydrogens is 214 g/mol. The average Bonchev–Trinajstić information content (AvgIpc) is 2.20. The van der Waals surface area contributed by atoms with Gasteiger partial charge in [0.2, 0.25) is 5.78 Å². The Kier molecular flexibility index (Phi) is 3.34. The number of ketones is 1. The van der Waals surface area contributed by atoms with Gasteiger partial charge in [-0.3, -0.25) is 14.9 Å². The van der Waals surface area contributed by atoms with Crippen LogP contribution in [0.1, 0.15) is 11.1 Å². The highest BCUT2D eigenvalue weighted by atomic mass is 16.6. The summed E-state index contributed by atoms with van der Waals surface area (Å²) in [5.74, 6) is -2.52. The minimum Gasteiger partial charge on any atom is -0.475 e. The number of rotatable bonds is 4. The number of carbonyl (C=O) groups is 2. The lowest BCUT2D eigenvalue weighted by Crippen LogP contribution is -2.15. The van der Waals surface area contributed by atoms with Crippen LogP contribution in [0, 0.1) is 17.0 Å². The van der Waals surface area contributed by atoms with E-state index in [-0.39, 0.29) is 12.1 Å². The maximum absolute atomic E-state index is 11.0. The molecule has 84 valence electrons. The second kappa shape index (κ2) is 4.52. The number of Topliss-reactive ketones (excluding diaryl/α,β-unsaturated/α-hetero) is 1.